The highest BCUT2D eigenvalue weighted by molar-refractivity contribution is 7.86. The van der Waals surface area contributed by atoms with Crippen molar-refractivity contribution in [3.8, 4) is 68.5 Å². The lowest BCUT2D eigenvalue weighted by molar-refractivity contribution is 0.414. The Morgan fingerprint density at radius 3 is 0.754 bits per heavy atom. The molecule has 0 spiro atoms. The monoisotopic (exact) mass is 984 g/mol. The maximum absolute atomic E-state index is 12.3. The molecule has 0 saturated heterocycles. The summed E-state index contributed by atoms with van der Waals surface area (Å²) >= 11 is 0. The van der Waals surface area contributed by atoms with Crippen LogP contribution in [0.5, 0.6) is 17.2 Å². The summed E-state index contributed by atoms with van der Waals surface area (Å²) in [5, 5.41) is 0. The van der Waals surface area contributed by atoms with Crippen molar-refractivity contribution in [2.45, 2.75) is 14.7 Å². The summed E-state index contributed by atoms with van der Waals surface area (Å²) in [5.74, 6) is 2.71. The van der Waals surface area contributed by atoms with Crippen molar-refractivity contribution in [2.24, 2.45) is 0 Å². The Bertz CT molecular complexity index is 3540. The van der Waals surface area contributed by atoms with Crippen LogP contribution in [0.4, 0.5) is 0 Å². The molecular weight excluding hydrogens is 949 g/mol. The Morgan fingerprint density at radius 2 is 0.565 bits per heavy atom. The molecule has 0 aliphatic carbocycles. The van der Waals surface area contributed by atoms with Crippen LogP contribution in [0.2, 0.25) is 0 Å². The first kappa shape index (κ1) is 44.9. The van der Waals surface area contributed by atoms with Crippen LogP contribution in [0.1, 0.15) is 0 Å². The van der Waals surface area contributed by atoms with Crippen LogP contribution in [0.25, 0.3) is 84.3 Å². The summed E-state index contributed by atoms with van der Waals surface area (Å²) in [6, 6.07) is 37.9. The molecule has 3 N–H and O–H groups in total. The Balaban J connectivity index is 1.46. The summed E-state index contributed by atoms with van der Waals surface area (Å²) in [6.45, 7) is 0. The molecule has 3 aromatic heterocycles. The van der Waals surface area contributed by atoms with Gasteiger partial charge in [-0.15, -0.1) is 0 Å². The number of imidazole rings is 3. The van der Waals surface area contributed by atoms with Crippen molar-refractivity contribution in [3.63, 3.8) is 0 Å². The van der Waals surface area contributed by atoms with Gasteiger partial charge in [0.15, 0.2) is 0 Å². The zero-order valence-corrected chi connectivity index (χ0v) is 38.7. The second-order valence-corrected chi connectivity index (χ2v) is 19.8. The van der Waals surface area contributed by atoms with Crippen LogP contribution in [-0.2, 0) is 30.4 Å². The van der Waals surface area contributed by atoms with Gasteiger partial charge in [-0.2, -0.15) is 25.3 Å². The fraction of sp³-hybridized carbons (Fsp3) is 0.0625. The molecule has 0 amide bonds. The molecule has 0 bridgehead atoms. The number of rotatable bonds is 12. The molecule has 10 aromatic rings. The van der Waals surface area contributed by atoms with E-state index in [9.17, 15) is 38.9 Å². The van der Waals surface area contributed by atoms with Gasteiger partial charge in [0, 0.05) is 33.8 Å². The van der Waals surface area contributed by atoms with Crippen molar-refractivity contribution in [3.05, 3.63) is 146 Å². The third-order valence-corrected chi connectivity index (χ3v) is 14.1. The Kier molecular flexibility index (Phi) is 10.9. The average Bonchev–Trinajstić information content (AvgIpc) is 4.06. The number of methoxy groups -OCH3 is 3. The van der Waals surface area contributed by atoms with Gasteiger partial charge >= 0.3 is 0 Å². The molecule has 69 heavy (non-hydrogen) atoms. The predicted octanol–water partition coefficient (Wildman–Crippen LogP) is 8.47. The molecule has 0 saturated carbocycles. The molecule has 348 valence electrons. The minimum atomic E-state index is -4.61. The molecule has 18 nitrogen and oxygen atoms in total. The Morgan fingerprint density at radius 1 is 0.348 bits per heavy atom. The summed E-state index contributed by atoms with van der Waals surface area (Å²) < 4.78 is 126. The number of benzene rings is 7. The Labute approximate surface area is 393 Å². The second kappa shape index (κ2) is 16.7. The van der Waals surface area contributed by atoms with Gasteiger partial charge < -0.3 is 14.2 Å². The highest BCUT2D eigenvalue weighted by Gasteiger charge is 2.31. The van der Waals surface area contributed by atoms with Crippen molar-refractivity contribution >= 4 is 63.5 Å². The SMILES string of the molecule is COc1ccc(-c2nc3c(c4nc(-c5ccc(OC)cc5)n(-c5ccc(S(=O)(=O)O)cc5)c4c4nc(-c5ccc(OC)cc5)n(-c5ccc(S(=O)(=O)O)cc5)c34)n2-c2ccc(S(=O)(=O)O)cc2)cc1. The first-order valence-corrected chi connectivity index (χ1v) is 24.8. The van der Waals surface area contributed by atoms with Crippen molar-refractivity contribution in [2.75, 3.05) is 21.3 Å². The lowest BCUT2D eigenvalue weighted by atomic mass is 10.1. The van der Waals surface area contributed by atoms with E-state index < -0.39 is 30.4 Å². The zero-order valence-electron chi connectivity index (χ0n) is 36.3. The Hall–Kier alpha value is -7.92. The molecule has 0 aliphatic heterocycles. The number of ether oxygens (including phenoxy) is 3. The summed E-state index contributed by atoms with van der Waals surface area (Å²) in [7, 11) is -9.23. The van der Waals surface area contributed by atoms with Gasteiger partial charge in [0.2, 0.25) is 0 Å². The third kappa shape index (κ3) is 7.91. The smallest absolute Gasteiger partial charge is 0.294 e. The van der Waals surface area contributed by atoms with E-state index in [1.165, 1.54) is 94.1 Å². The zero-order chi connectivity index (χ0) is 48.6. The predicted molar refractivity (Wildman–Crippen MR) is 256 cm³/mol. The van der Waals surface area contributed by atoms with Gasteiger partial charge in [-0.05, 0) is 146 Å². The van der Waals surface area contributed by atoms with Crippen molar-refractivity contribution < 1.29 is 53.1 Å². The molecule has 0 aliphatic rings. The molecule has 0 fully saturated rings. The minimum Gasteiger partial charge on any atom is -0.497 e. The maximum Gasteiger partial charge on any atom is 0.294 e. The van der Waals surface area contributed by atoms with E-state index in [1.807, 2.05) is 0 Å². The van der Waals surface area contributed by atoms with E-state index in [2.05, 4.69) is 0 Å². The van der Waals surface area contributed by atoms with Gasteiger partial charge in [-0.3, -0.25) is 27.4 Å². The van der Waals surface area contributed by atoms with Crippen LogP contribution < -0.4 is 14.2 Å². The summed E-state index contributed by atoms with van der Waals surface area (Å²) in [5.41, 5.74) is 5.04. The van der Waals surface area contributed by atoms with Gasteiger partial charge in [-0.1, -0.05) is 0 Å². The van der Waals surface area contributed by atoms with E-state index in [0.29, 0.717) is 102 Å². The van der Waals surface area contributed by atoms with E-state index in [-0.39, 0.29) is 14.7 Å². The van der Waals surface area contributed by atoms with Crippen molar-refractivity contribution in [1.82, 2.24) is 28.7 Å². The molecular formula is C48H36N6O12S3. The second-order valence-electron chi connectivity index (χ2n) is 15.5. The van der Waals surface area contributed by atoms with E-state index >= 15 is 0 Å². The fourth-order valence-electron chi connectivity index (χ4n) is 8.27. The van der Waals surface area contributed by atoms with Gasteiger partial charge in [0.1, 0.15) is 67.8 Å². The van der Waals surface area contributed by atoms with E-state index in [1.54, 1.807) is 86.5 Å². The first-order valence-electron chi connectivity index (χ1n) is 20.5. The number of nitrogens with zero attached hydrogens (tertiary/aromatic N) is 6. The van der Waals surface area contributed by atoms with Crippen molar-refractivity contribution in [1.29, 1.82) is 0 Å². The molecule has 0 atom stereocenters. The number of aromatic nitrogens is 6. The lowest BCUT2D eigenvalue weighted by Gasteiger charge is -2.13. The normalized spacial score (nSPS) is 12.3. The van der Waals surface area contributed by atoms with E-state index in [4.69, 9.17) is 29.2 Å². The molecule has 21 heteroatoms. The number of hydrogen-bond donors (Lipinski definition) is 3. The van der Waals surface area contributed by atoms with E-state index in [0.717, 1.165) is 0 Å². The molecule has 3 heterocycles. The van der Waals surface area contributed by atoms with Crippen LogP contribution >= 0.6 is 0 Å². The first-order chi connectivity index (χ1) is 33.0. The summed E-state index contributed by atoms with van der Waals surface area (Å²) in [4.78, 5) is 15.0. The molecule has 7 aromatic carbocycles. The highest BCUT2D eigenvalue weighted by Crippen LogP contribution is 2.45. The highest BCUT2D eigenvalue weighted by atomic mass is 32.2. The lowest BCUT2D eigenvalue weighted by Crippen LogP contribution is -2.02. The van der Waals surface area contributed by atoms with Gasteiger partial charge in [0.25, 0.3) is 30.4 Å². The topological polar surface area (TPSA) is 244 Å². The number of fused-ring (bicyclic) bond motifs is 6. The van der Waals surface area contributed by atoms with Gasteiger partial charge in [-0.25, -0.2) is 15.0 Å². The fourth-order valence-corrected chi connectivity index (χ4v) is 9.71. The largest absolute Gasteiger partial charge is 0.497 e. The van der Waals surface area contributed by atoms with Gasteiger partial charge in [0.05, 0.1) is 36.0 Å². The number of hydrogen-bond acceptors (Lipinski definition) is 12. The average molecular weight is 985 g/mol. The molecule has 10 rings (SSSR count). The molecule has 0 radical (unpaired) electrons. The van der Waals surface area contributed by atoms with Crippen LogP contribution in [0.3, 0.4) is 0 Å². The maximum atomic E-state index is 12.3. The standard InChI is InChI=1S/C48H36N6O12S3/c1-64-34-16-4-28(5-17-34)46-49-40-43(52(46)31-10-22-37(23-11-31)67(55,56)57)41-45(54(33-14-26-39(27-15-33)69(61,62)63)47(50-41)29-6-18-35(65-2)19-7-29)42-44(40)53(32-12-24-38(25-13-32)68(58,59)60)48(51-42)30-8-20-36(66-3)21-9-30/h4-27H,1-3H3,(H,55,56,57)(H,58,59,60)(H,61,62,63). The minimum absolute atomic E-state index is 0.320. The van der Waals surface area contributed by atoms with Crippen LogP contribution in [0, 0.1) is 0 Å². The summed E-state index contributed by atoms with van der Waals surface area (Å²) in [6.07, 6.45) is 0. The van der Waals surface area contributed by atoms with Crippen LogP contribution in [0.15, 0.2) is 160 Å². The van der Waals surface area contributed by atoms with Crippen LogP contribution in [-0.4, -0.2) is 88.9 Å². The third-order valence-electron chi connectivity index (χ3n) is 11.5. The molecule has 0 unspecified atom stereocenters. The quantitative estimate of drug-likeness (QED) is 0.0972.